The summed E-state index contributed by atoms with van der Waals surface area (Å²) in [6.07, 6.45) is 0.200. The van der Waals surface area contributed by atoms with Crippen molar-refractivity contribution in [3.8, 4) is 5.75 Å². The summed E-state index contributed by atoms with van der Waals surface area (Å²) in [4.78, 5) is 25.7. The molecule has 2 amide bonds. The lowest BCUT2D eigenvalue weighted by atomic mass is 10.2. The zero-order valence-corrected chi connectivity index (χ0v) is 14.2. The third kappa shape index (κ3) is 4.59. The van der Waals surface area contributed by atoms with E-state index in [0.29, 0.717) is 11.4 Å². The molecule has 24 heavy (non-hydrogen) atoms. The van der Waals surface area contributed by atoms with Crippen LogP contribution in [0.3, 0.4) is 0 Å². The summed E-state index contributed by atoms with van der Waals surface area (Å²) in [6.45, 7) is 3.73. The topological polar surface area (TPSA) is 58.6 Å². The Labute approximate surface area is 142 Å². The van der Waals surface area contributed by atoms with Crippen molar-refractivity contribution in [3.05, 3.63) is 54.1 Å². The lowest BCUT2D eigenvalue weighted by Crippen LogP contribution is -2.32. The second kappa shape index (κ2) is 8.15. The van der Waals surface area contributed by atoms with Gasteiger partial charge in [-0.1, -0.05) is 24.3 Å². The van der Waals surface area contributed by atoms with Crippen molar-refractivity contribution in [1.29, 1.82) is 0 Å². The molecule has 0 aromatic heterocycles. The normalized spacial score (nSPS) is 10.1. The van der Waals surface area contributed by atoms with Crippen LogP contribution < -0.4 is 15.0 Å². The fourth-order valence-electron chi connectivity index (χ4n) is 2.46. The third-order valence-corrected chi connectivity index (χ3v) is 3.62. The minimum atomic E-state index is -0.137. The van der Waals surface area contributed by atoms with Gasteiger partial charge in [-0.15, -0.1) is 0 Å². The summed E-state index contributed by atoms with van der Waals surface area (Å²) < 4.78 is 5.30. The molecule has 5 nitrogen and oxygen atoms in total. The number of anilines is 2. The Morgan fingerprint density at radius 3 is 2.54 bits per heavy atom. The SMILES string of the molecule is COc1ccccc1N(CCC(=O)Nc1cccc(C)c1)C(C)=O. The molecule has 0 atom stereocenters. The Morgan fingerprint density at radius 1 is 1.12 bits per heavy atom. The highest BCUT2D eigenvalue weighted by molar-refractivity contribution is 5.95. The number of para-hydroxylation sites is 2. The van der Waals surface area contributed by atoms with Gasteiger partial charge in [0.25, 0.3) is 0 Å². The quantitative estimate of drug-likeness (QED) is 0.885. The predicted molar refractivity (Wildman–Crippen MR) is 95.4 cm³/mol. The van der Waals surface area contributed by atoms with Crippen LogP contribution >= 0.6 is 0 Å². The molecule has 0 fully saturated rings. The first-order valence-corrected chi connectivity index (χ1v) is 7.79. The number of hydrogen-bond donors (Lipinski definition) is 1. The van der Waals surface area contributed by atoms with E-state index in [4.69, 9.17) is 4.74 Å². The van der Waals surface area contributed by atoms with Gasteiger partial charge in [0.1, 0.15) is 5.75 Å². The van der Waals surface area contributed by atoms with Crippen LogP contribution in [-0.4, -0.2) is 25.5 Å². The Bertz CT molecular complexity index is 728. The number of hydrogen-bond acceptors (Lipinski definition) is 3. The lowest BCUT2D eigenvalue weighted by Gasteiger charge is -2.23. The molecular weight excluding hydrogens is 304 g/mol. The monoisotopic (exact) mass is 326 g/mol. The van der Waals surface area contributed by atoms with E-state index in [0.717, 1.165) is 11.3 Å². The maximum atomic E-state index is 12.2. The van der Waals surface area contributed by atoms with Crippen LogP contribution in [0.5, 0.6) is 5.75 Å². The molecule has 5 heteroatoms. The van der Waals surface area contributed by atoms with Crippen molar-refractivity contribution in [2.24, 2.45) is 0 Å². The highest BCUT2D eigenvalue weighted by atomic mass is 16.5. The summed E-state index contributed by atoms with van der Waals surface area (Å²) >= 11 is 0. The fraction of sp³-hybridized carbons (Fsp3) is 0.263. The first-order valence-electron chi connectivity index (χ1n) is 7.79. The molecule has 2 aromatic rings. The van der Waals surface area contributed by atoms with E-state index in [2.05, 4.69) is 5.32 Å². The fourth-order valence-corrected chi connectivity index (χ4v) is 2.46. The molecule has 0 saturated heterocycles. The number of benzene rings is 2. The van der Waals surface area contributed by atoms with Gasteiger partial charge in [0.05, 0.1) is 12.8 Å². The summed E-state index contributed by atoms with van der Waals surface area (Å²) in [5.41, 5.74) is 2.50. The lowest BCUT2D eigenvalue weighted by molar-refractivity contribution is -0.117. The number of methoxy groups -OCH3 is 1. The van der Waals surface area contributed by atoms with Gasteiger partial charge < -0.3 is 15.0 Å². The smallest absolute Gasteiger partial charge is 0.226 e. The molecule has 0 spiro atoms. The van der Waals surface area contributed by atoms with Crippen molar-refractivity contribution in [1.82, 2.24) is 0 Å². The second-order valence-electron chi connectivity index (χ2n) is 5.51. The van der Waals surface area contributed by atoms with Gasteiger partial charge in [-0.25, -0.2) is 0 Å². The Morgan fingerprint density at radius 2 is 1.88 bits per heavy atom. The summed E-state index contributed by atoms with van der Waals surface area (Å²) in [5.74, 6) is 0.330. The summed E-state index contributed by atoms with van der Waals surface area (Å²) in [7, 11) is 1.56. The average molecular weight is 326 g/mol. The Balaban J connectivity index is 2.04. The standard InChI is InChI=1S/C19H22N2O3/c1-14-7-6-8-16(13-14)20-19(23)11-12-21(15(2)22)17-9-4-5-10-18(17)24-3/h4-10,13H,11-12H2,1-3H3,(H,20,23). The van der Waals surface area contributed by atoms with E-state index in [-0.39, 0.29) is 24.8 Å². The number of nitrogens with zero attached hydrogens (tertiary/aromatic N) is 1. The summed E-state index contributed by atoms with van der Waals surface area (Å²) in [5, 5.41) is 2.85. The Hall–Kier alpha value is -2.82. The van der Waals surface area contributed by atoms with E-state index in [1.165, 1.54) is 6.92 Å². The molecule has 0 aliphatic rings. The van der Waals surface area contributed by atoms with Crippen LogP contribution in [0.2, 0.25) is 0 Å². The highest BCUT2D eigenvalue weighted by Crippen LogP contribution is 2.27. The van der Waals surface area contributed by atoms with E-state index in [1.54, 1.807) is 24.1 Å². The third-order valence-electron chi connectivity index (χ3n) is 3.62. The summed E-state index contributed by atoms with van der Waals surface area (Å²) in [6, 6.07) is 14.9. The molecule has 0 aliphatic carbocycles. The molecule has 126 valence electrons. The molecule has 0 radical (unpaired) electrons. The molecule has 0 unspecified atom stereocenters. The van der Waals surface area contributed by atoms with Crippen molar-refractivity contribution in [3.63, 3.8) is 0 Å². The number of carbonyl (C=O) groups is 2. The number of nitrogens with one attached hydrogen (secondary N) is 1. The minimum Gasteiger partial charge on any atom is -0.495 e. The number of carbonyl (C=O) groups excluding carboxylic acids is 2. The average Bonchev–Trinajstić information content (AvgIpc) is 2.55. The van der Waals surface area contributed by atoms with Crippen molar-refractivity contribution < 1.29 is 14.3 Å². The maximum absolute atomic E-state index is 12.2. The van der Waals surface area contributed by atoms with Crippen LogP contribution in [0.15, 0.2) is 48.5 Å². The zero-order chi connectivity index (χ0) is 17.5. The maximum Gasteiger partial charge on any atom is 0.226 e. The molecular formula is C19H22N2O3. The Kier molecular flexibility index (Phi) is 5.95. The first-order chi connectivity index (χ1) is 11.5. The van der Waals surface area contributed by atoms with Crippen molar-refractivity contribution >= 4 is 23.2 Å². The van der Waals surface area contributed by atoms with Gasteiger partial charge in [-0.05, 0) is 36.8 Å². The van der Waals surface area contributed by atoms with Gasteiger partial charge in [0, 0.05) is 25.6 Å². The molecule has 0 saturated carbocycles. The van der Waals surface area contributed by atoms with Crippen LogP contribution in [0.25, 0.3) is 0 Å². The highest BCUT2D eigenvalue weighted by Gasteiger charge is 2.17. The van der Waals surface area contributed by atoms with E-state index in [1.807, 2.05) is 43.3 Å². The van der Waals surface area contributed by atoms with E-state index >= 15 is 0 Å². The number of ether oxygens (including phenoxy) is 1. The second-order valence-corrected chi connectivity index (χ2v) is 5.51. The zero-order valence-electron chi connectivity index (χ0n) is 14.2. The minimum absolute atomic E-state index is 0.136. The molecule has 0 aliphatic heterocycles. The molecule has 2 aromatic carbocycles. The van der Waals surface area contributed by atoms with Gasteiger partial charge in [-0.2, -0.15) is 0 Å². The van der Waals surface area contributed by atoms with E-state index < -0.39 is 0 Å². The molecule has 2 rings (SSSR count). The van der Waals surface area contributed by atoms with E-state index in [9.17, 15) is 9.59 Å². The van der Waals surface area contributed by atoms with Gasteiger partial charge >= 0.3 is 0 Å². The molecule has 0 bridgehead atoms. The molecule has 0 heterocycles. The first kappa shape index (κ1) is 17.5. The number of amides is 2. The van der Waals surface area contributed by atoms with Gasteiger partial charge in [0.2, 0.25) is 11.8 Å². The largest absolute Gasteiger partial charge is 0.495 e. The van der Waals surface area contributed by atoms with Gasteiger partial charge in [0.15, 0.2) is 0 Å². The number of aryl methyl sites for hydroxylation is 1. The molecule has 1 N–H and O–H groups in total. The predicted octanol–water partition coefficient (Wildman–Crippen LogP) is 3.39. The van der Waals surface area contributed by atoms with Crippen LogP contribution in [0.4, 0.5) is 11.4 Å². The van der Waals surface area contributed by atoms with Crippen molar-refractivity contribution in [2.45, 2.75) is 20.3 Å². The number of rotatable bonds is 6. The van der Waals surface area contributed by atoms with Gasteiger partial charge in [-0.3, -0.25) is 9.59 Å². The van der Waals surface area contributed by atoms with Crippen LogP contribution in [-0.2, 0) is 9.59 Å². The van der Waals surface area contributed by atoms with Crippen LogP contribution in [0.1, 0.15) is 18.9 Å². The van der Waals surface area contributed by atoms with Crippen LogP contribution in [0, 0.1) is 6.92 Å². The van der Waals surface area contributed by atoms with Crippen molar-refractivity contribution in [2.75, 3.05) is 23.9 Å².